The Bertz CT molecular complexity index is 462. The van der Waals surface area contributed by atoms with Crippen molar-refractivity contribution in [1.29, 1.82) is 0 Å². The number of carbonyl (C=O) groups is 1. The molecular formula is C14H20N2O3. The quantitative estimate of drug-likeness (QED) is 0.875. The van der Waals surface area contributed by atoms with E-state index in [0.717, 1.165) is 23.5 Å². The topological polar surface area (TPSA) is 64.8 Å². The van der Waals surface area contributed by atoms with E-state index in [1.165, 1.54) is 0 Å². The molecule has 0 spiro atoms. The lowest BCUT2D eigenvalue weighted by atomic mass is 10.1. The summed E-state index contributed by atoms with van der Waals surface area (Å²) in [6.45, 7) is 2.80. The lowest BCUT2D eigenvalue weighted by Crippen LogP contribution is -2.41. The molecule has 1 aliphatic heterocycles. The van der Waals surface area contributed by atoms with Crippen molar-refractivity contribution in [3.05, 3.63) is 23.8 Å². The molecule has 1 unspecified atom stereocenters. The van der Waals surface area contributed by atoms with Gasteiger partial charge in [-0.05, 0) is 24.1 Å². The average Bonchev–Trinajstić information content (AvgIpc) is 2.85. The zero-order valence-corrected chi connectivity index (χ0v) is 11.4. The van der Waals surface area contributed by atoms with E-state index in [2.05, 4.69) is 0 Å². The Balaban J connectivity index is 1.98. The van der Waals surface area contributed by atoms with Crippen molar-refractivity contribution < 1.29 is 14.3 Å². The van der Waals surface area contributed by atoms with Crippen molar-refractivity contribution in [3.63, 3.8) is 0 Å². The maximum Gasteiger partial charge on any atom is 0.239 e. The minimum Gasteiger partial charge on any atom is -0.454 e. The van der Waals surface area contributed by atoms with Gasteiger partial charge in [-0.1, -0.05) is 19.4 Å². The number of ether oxygens (including phenoxy) is 2. The molecule has 0 aromatic heterocycles. The monoisotopic (exact) mass is 264 g/mol. The van der Waals surface area contributed by atoms with Gasteiger partial charge in [0.15, 0.2) is 11.5 Å². The molecule has 5 heteroatoms. The zero-order valence-electron chi connectivity index (χ0n) is 11.4. The lowest BCUT2D eigenvalue weighted by molar-refractivity contribution is -0.132. The van der Waals surface area contributed by atoms with E-state index in [-0.39, 0.29) is 12.7 Å². The van der Waals surface area contributed by atoms with Gasteiger partial charge in [-0.25, -0.2) is 0 Å². The minimum atomic E-state index is -0.413. The predicted octanol–water partition coefficient (Wildman–Crippen LogP) is 1.50. The van der Waals surface area contributed by atoms with Gasteiger partial charge in [-0.3, -0.25) is 4.79 Å². The second-order valence-electron chi connectivity index (χ2n) is 4.78. The highest BCUT2D eigenvalue weighted by molar-refractivity contribution is 5.81. The Labute approximate surface area is 113 Å². The van der Waals surface area contributed by atoms with Crippen LogP contribution in [0.3, 0.4) is 0 Å². The van der Waals surface area contributed by atoms with Gasteiger partial charge < -0.3 is 20.1 Å². The molecule has 1 aliphatic rings. The Kier molecular flexibility index (Phi) is 4.27. The highest BCUT2D eigenvalue weighted by atomic mass is 16.7. The largest absolute Gasteiger partial charge is 0.454 e. The fourth-order valence-corrected chi connectivity index (χ4v) is 2.11. The van der Waals surface area contributed by atoms with Crippen molar-refractivity contribution in [2.45, 2.75) is 32.4 Å². The number of rotatable bonds is 5. The molecule has 5 nitrogen and oxygen atoms in total. The van der Waals surface area contributed by atoms with Gasteiger partial charge in [0.05, 0.1) is 6.04 Å². The van der Waals surface area contributed by atoms with Crippen LogP contribution in [0.25, 0.3) is 0 Å². The molecule has 0 saturated heterocycles. The molecule has 0 radical (unpaired) electrons. The number of hydrogen-bond donors (Lipinski definition) is 1. The van der Waals surface area contributed by atoms with Crippen LogP contribution in [0.5, 0.6) is 11.5 Å². The molecule has 0 bridgehead atoms. The summed E-state index contributed by atoms with van der Waals surface area (Å²) in [4.78, 5) is 13.7. The molecule has 1 amide bonds. The van der Waals surface area contributed by atoms with Crippen LogP contribution in [0.1, 0.15) is 25.3 Å². The summed E-state index contributed by atoms with van der Waals surface area (Å²) in [5, 5.41) is 0. The molecular weight excluding hydrogens is 244 g/mol. The van der Waals surface area contributed by atoms with E-state index in [9.17, 15) is 4.79 Å². The number of nitrogens with two attached hydrogens (primary N) is 1. The van der Waals surface area contributed by atoms with Crippen molar-refractivity contribution in [1.82, 2.24) is 4.90 Å². The number of benzene rings is 1. The van der Waals surface area contributed by atoms with Crippen molar-refractivity contribution in [2.24, 2.45) is 5.73 Å². The fraction of sp³-hybridized carbons (Fsp3) is 0.500. The Morgan fingerprint density at radius 1 is 1.42 bits per heavy atom. The first-order valence-electron chi connectivity index (χ1n) is 6.51. The maximum atomic E-state index is 12.0. The molecule has 1 aromatic rings. The average molecular weight is 264 g/mol. The summed E-state index contributed by atoms with van der Waals surface area (Å²) in [5.41, 5.74) is 6.84. The zero-order chi connectivity index (χ0) is 13.8. The van der Waals surface area contributed by atoms with Gasteiger partial charge in [0.25, 0.3) is 0 Å². The van der Waals surface area contributed by atoms with Crippen LogP contribution >= 0.6 is 0 Å². The van der Waals surface area contributed by atoms with E-state index >= 15 is 0 Å². The maximum absolute atomic E-state index is 12.0. The summed E-state index contributed by atoms with van der Waals surface area (Å²) in [7, 11) is 1.77. The van der Waals surface area contributed by atoms with Gasteiger partial charge in [-0.2, -0.15) is 0 Å². The summed E-state index contributed by atoms with van der Waals surface area (Å²) >= 11 is 0. The van der Waals surface area contributed by atoms with Crippen LogP contribution < -0.4 is 15.2 Å². The number of likely N-dealkylation sites (N-methyl/N-ethyl adjacent to an activating group) is 1. The minimum absolute atomic E-state index is 0.0282. The molecule has 0 saturated carbocycles. The lowest BCUT2D eigenvalue weighted by Gasteiger charge is -2.21. The predicted molar refractivity (Wildman–Crippen MR) is 71.9 cm³/mol. The highest BCUT2D eigenvalue weighted by Gasteiger charge is 2.18. The van der Waals surface area contributed by atoms with Crippen LogP contribution in [0.2, 0.25) is 0 Å². The smallest absolute Gasteiger partial charge is 0.239 e. The third-order valence-corrected chi connectivity index (χ3v) is 3.15. The molecule has 1 aromatic carbocycles. The van der Waals surface area contributed by atoms with E-state index in [1.807, 2.05) is 25.1 Å². The van der Waals surface area contributed by atoms with Crippen LogP contribution in [0.15, 0.2) is 18.2 Å². The summed E-state index contributed by atoms with van der Waals surface area (Å²) in [5.74, 6) is 1.45. The Hall–Kier alpha value is -1.75. The molecule has 1 atom stereocenters. The first-order valence-corrected chi connectivity index (χ1v) is 6.51. The molecule has 104 valence electrons. The first kappa shape index (κ1) is 13.7. The van der Waals surface area contributed by atoms with Gasteiger partial charge in [0.2, 0.25) is 12.7 Å². The molecule has 1 heterocycles. The van der Waals surface area contributed by atoms with E-state index < -0.39 is 6.04 Å². The van der Waals surface area contributed by atoms with Crippen LogP contribution in [-0.4, -0.2) is 30.7 Å². The second kappa shape index (κ2) is 5.93. The van der Waals surface area contributed by atoms with Crippen LogP contribution in [-0.2, 0) is 11.3 Å². The molecule has 2 N–H and O–H groups in total. The van der Waals surface area contributed by atoms with Crippen LogP contribution in [0.4, 0.5) is 0 Å². The SMILES string of the molecule is CCCC(N)C(=O)N(C)Cc1ccc2c(c1)OCO2. The van der Waals surface area contributed by atoms with Gasteiger partial charge in [0, 0.05) is 13.6 Å². The van der Waals surface area contributed by atoms with Gasteiger partial charge >= 0.3 is 0 Å². The second-order valence-corrected chi connectivity index (χ2v) is 4.78. The number of fused-ring (bicyclic) bond motifs is 1. The van der Waals surface area contributed by atoms with Crippen LogP contribution in [0, 0.1) is 0 Å². The Morgan fingerprint density at radius 3 is 2.89 bits per heavy atom. The molecule has 0 aliphatic carbocycles. The van der Waals surface area contributed by atoms with Crippen molar-refractivity contribution in [2.75, 3.05) is 13.8 Å². The molecule has 2 rings (SSSR count). The number of nitrogens with zero attached hydrogens (tertiary/aromatic N) is 1. The summed E-state index contributed by atoms with van der Waals surface area (Å²) in [6, 6.07) is 5.28. The molecule has 0 fully saturated rings. The van der Waals surface area contributed by atoms with Gasteiger partial charge in [0.1, 0.15) is 0 Å². The fourth-order valence-electron chi connectivity index (χ4n) is 2.11. The molecule has 19 heavy (non-hydrogen) atoms. The summed E-state index contributed by atoms with van der Waals surface area (Å²) in [6.07, 6.45) is 1.62. The van der Waals surface area contributed by atoms with Crippen molar-refractivity contribution >= 4 is 5.91 Å². The van der Waals surface area contributed by atoms with Crippen molar-refractivity contribution in [3.8, 4) is 11.5 Å². The van der Waals surface area contributed by atoms with Gasteiger partial charge in [-0.15, -0.1) is 0 Å². The number of amides is 1. The van der Waals surface area contributed by atoms with E-state index in [4.69, 9.17) is 15.2 Å². The first-order chi connectivity index (χ1) is 9.11. The Morgan fingerprint density at radius 2 is 2.16 bits per heavy atom. The number of hydrogen-bond acceptors (Lipinski definition) is 4. The third-order valence-electron chi connectivity index (χ3n) is 3.15. The van der Waals surface area contributed by atoms with E-state index in [1.54, 1.807) is 11.9 Å². The normalized spacial score (nSPS) is 14.3. The highest BCUT2D eigenvalue weighted by Crippen LogP contribution is 2.32. The number of carbonyl (C=O) groups excluding carboxylic acids is 1. The van der Waals surface area contributed by atoms with E-state index in [0.29, 0.717) is 13.0 Å². The summed E-state index contributed by atoms with van der Waals surface area (Å²) < 4.78 is 10.6. The third kappa shape index (κ3) is 3.17. The standard InChI is InChI=1S/C14H20N2O3/c1-3-4-11(15)14(17)16(2)8-10-5-6-12-13(7-10)19-9-18-12/h5-7,11H,3-4,8-9,15H2,1-2H3.